The van der Waals surface area contributed by atoms with E-state index in [9.17, 15) is 8.42 Å². The maximum Gasteiger partial charge on any atom is 0.238 e. The highest BCUT2D eigenvalue weighted by Crippen LogP contribution is 2.21. The minimum Gasteiger partial charge on any atom is -0.352 e. The monoisotopic (exact) mass is 514 g/mol. The fourth-order valence-electron chi connectivity index (χ4n) is 3.48. The van der Waals surface area contributed by atoms with Crippen LogP contribution in [0, 0.1) is 5.92 Å². The van der Waals surface area contributed by atoms with Gasteiger partial charge in [0.2, 0.25) is 10.0 Å². The second-order valence-corrected chi connectivity index (χ2v) is 8.45. The van der Waals surface area contributed by atoms with Gasteiger partial charge < -0.3 is 10.2 Å². The largest absolute Gasteiger partial charge is 0.352 e. The Balaban J connectivity index is 0.00000280. The van der Waals surface area contributed by atoms with E-state index < -0.39 is 10.0 Å². The molecule has 1 saturated heterocycles. The van der Waals surface area contributed by atoms with Gasteiger partial charge in [0.25, 0.3) is 0 Å². The number of rotatable bonds is 5. The summed E-state index contributed by atoms with van der Waals surface area (Å²) >= 11 is 0. The predicted octanol–water partition coefficient (Wildman–Crippen LogP) is 2.59. The molecule has 28 heavy (non-hydrogen) atoms. The minimum atomic E-state index is -3.69. The van der Waals surface area contributed by atoms with Crippen molar-refractivity contribution in [3.8, 4) is 0 Å². The number of hydrogen-bond acceptors (Lipinski definition) is 3. The van der Waals surface area contributed by atoms with Crippen molar-refractivity contribution in [3.63, 3.8) is 0 Å². The number of aliphatic imine (C=N–C) groups is 1. The zero-order valence-corrected chi connectivity index (χ0v) is 19.1. The lowest BCUT2D eigenvalue weighted by Gasteiger charge is -2.22. The van der Waals surface area contributed by atoms with Crippen molar-refractivity contribution in [2.24, 2.45) is 16.0 Å². The number of primary sulfonamides is 1. The number of likely N-dealkylation sites (tertiary alicyclic amines) is 1. The summed E-state index contributed by atoms with van der Waals surface area (Å²) in [5.41, 5.74) is 2.22. The number of sulfonamides is 1. The van der Waals surface area contributed by atoms with Gasteiger partial charge in [-0.05, 0) is 42.0 Å². The van der Waals surface area contributed by atoms with Crippen LogP contribution in [-0.4, -0.2) is 39.4 Å². The van der Waals surface area contributed by atoms with E-state index in [2.05, 4.69) is 39.5 Å². The van der Waals surface area contributed by atoms with E-state index in [0.717, 1.165) is 37.5 Å². The van der Waals surface area contributed by atoms with Crippen molar-refractivity contribution in [3.05, 3.63) is 65.7 Å². The third-order valence-corrected chi connectivity index (χ3v) is 5.75. The third-order valence-electron chi connectivity index (χ3n) is 4.84. The lowest BCUT2D eigenvalue weighted by atomic mass is 9.99. The van der Waals surface area contributed by atoms with Crippen LogP contribution in [0.1, 0.15) is 17.5 Å². The molecule has 1 unspecified atom stereocenters. The second kappa shape index (κ2) is 10.2. The number of halogens is 1. The average Bonchev–Trinajstić information content (AvgIpc) is 3.11. The van der Waals surface area contributed by atoms with Crippen LogP contribution in [0.15, 0.2) is 64.5 Å². The molecule has 1 fully saturated rings. The lowest BCUT2D eigenvalue weighted by molar-refractivity contribution is 0.460. The molecule has 0 spiro atoms. The van der Waals surface area contributed by atoms with Crippen molar-refractivity contribution in [2.75, 3.05) is 20.1 Å². The average molecular weight is 514 g/mol. The van der Waals surface area contributed by atoms with E-state index >= 15 is 0 Å². The van der Waals surface area contributed by atoms with E-state index in [0.29, 0.717) is 12.5 Å². The van der Waals surface area contributed by atoms with Crippen molar-refractivity contribution < 1.29 is 8.42 Å². The molecule has 3 N–H and O–H groups in total. The summed E-state index contributed by atoms with van der Waals surface area (Å²) < 4.78 is 23.0. The molecule has 6 nitrogen and oxygen atoms in total. The molecule has 0 amide bonds. The van der Waals surface area contributed by atoms with Gasteiger partial charge in [-0.3, -0.25) is 4.99 Å². The first-order valence-electron chi connectivity index (χ1n) is 9.07. The summed E-state index contributed by atoms with van der Waals surface area (Å²) in [4.78, 5) is 6.77. The van der Waals surface area contributed by atoms with Crippen LogP contribution in [0.4, 0.5) is 0 Å². The molecule has 0 aromatic heterocycles. The molecule has 0 bridgehead atoms. The van der Waals surface area contributed by atoms with Gasteiger partial charge in [-0.2, -0.15) is 0 Å². The Kier molecular flexibility index (Phi) is 8.26. The highest BCUT2D eigenvalue weighted by Gasteiger charge is 2.24. The van der Waals surface area contributed by atoms with E-state index in [1.807, 2.05) is 12.1 Å². The van der Waals surface area contributed by atoms with Crippen LogP contribution in [0.25, 0.3) is 0 Å². The Labute approximate surface area is 184 Å². The Morgan fingerprint density at radius 1 is 1.18 bits per heavy atom. The molecule has 8 heteroatoms. The fraction of sp³-hybridized carbons (Fsp3) is 0.350. The van der Waals surface area contributed by atoms with Gasteiger partial charge >= 0.3 is 0 Å². The number of benzene rings is 2. The molecule has 1 aliphatic heterocycles. The number of guanidine groups is 1. The van der Waals surface area contributed by atoms with Gasteiger partial charge in [-0.1, -0.05) is 42.5 Å². The van der Waals surface area contributed by atoms with E-state index in [1.165, 1.54) is 11.6 Å². The maximum atomic E-state index is 11.5. The first-order valence-corrected chi connectivity index (χ1v) is 10.6. The Bertz CT molecular complexity index is 903. The molecule has 0 radical (unpaired) electrons. The van der Waals surface area contributed by atoms with Crippen LogP contribution < -0.4 is 10.5 Å². The number of nitrogens with two attached hydrogens (primary N) is 1. The van der Waals surface area contributed by atoms with Crippen molar-refractivity contribution in [1.29, 1.82) is 0 Å². The molecule has 152 valence electrons. The third kappa shape index (κ3) is 6.18. The van der Waals surface area contributed by atoms with Crippen LogP contribution in [0.3, 0.4) is 0 Å². The Hall–Kier alpha value is -1.65. The zero-order valence-electron chi connectivity index (χ0n) is 15.9. The van der Waals surface area contributed by atoms with Crippen LogP contribution in [0.2, 0.25) is 0 Å². The Morgan fingerprint density at radius 3 is 2.57 bits per heavy atom. The van der Waals surface area contributed by atoms with Crippen molar-refractivity contribution >= 4 is 40.0 Å². The summed E-state index contributed by atoms with van der Waals surface area (Å²) in [5.74, 6) is 1.45. The summed E-state index contributed by atoms with van der Waals surface area (Å²) in [6.45, 7) is 2.43. The summed E-state index contributed by atoms with van der Waals surface area (Å²) in [7, 11) is -1.92. The van der Waals surface area contributed by atoms with E-state index in [1.54, 1.807) is 19.2 Å². The molecule has 1 heterocycles. The molecular weight excluding hydrogens is 487 g/mol. The summed E-state index contributed by atoms with van der Waals surface area (Å²) in [6.07, 6.45) is 2.21. The van der Waals surface area contributed by atoms with Crippen LogP contribution in [-0.2, 0) is 23.0 Å². The SMILES string of the molecule is CN=C(NCc1cccc(S(N)(=O)=O)c1)N1CCC(Cc2ccccc2)C1.I. The lowest BCUT2D eigenvalue weighted by Crippen LogP contribution is -2.39. The molecule has 0 saturated carbocycles. The Morgan fingerprint density at radius 2 is 1.89 bits per heavy atom. The zero-order chi connectivity index (χ0) is 19.3. The molecule has 2 aromatic rings. The second-order valence-electron chi connectivity index (χ2n) is 6.88. The quantitative estimate of drug-likeness (QED) is 0.365. The molecule has 2 aromatic carbocycles. The number of hydrogen-bond donors (Lipinski definition) is 2. The molecule has 1 aliphatic rings. The highest BCUT2D eigenvalue weighted by atomic mass is 127. The number of nitrogens with zero attached hydrogens (tertiary/aromatic N) is 2. The summed E-state index contributed by atoms with van der Waals surface area (Å²) in [6, 6.07) is 17.2. The van der Waals surface area contributed by atoms with Crippen LogP contribution in [0.5, 0.6) is 0 Å². The molecular formula is C20H27IN4O2S. The minimum absolute atomic E-state index is 0. The summed E-state index contributed by atoms with van der Waals surface area (Å²) in [5, 5.41) is 8.54. The highest BCUT2D eigenvalue weighted by molar-refractivity contribution is 14.0. The maximum absolute atomic E-state index is 11.5. The van der Waals surface area contributed by atoms with Gasteiger partial charge in [0, 0.05) is 26.7 Å². The van der Waals surface area contributed by atoms with Crippen LogP contribution >= 0.6 is 24.0 Å². The topological polar surface area (TPSA) is 87.8 Å². The predicted molar refractivity (Wildman–Crippen MR) is 123 cm³/mol. The molecule has 3 rings (SSSR count). The van der Waals surface area contributed by atoms with Gasteiger partial charge in [0.1, 0.15) is 0 Å². The van der Waals surface area contributed by atoms with Crippen molar-refractivity contribution in [2.45, 2.75) is 24.3 Å². The molecule has 1 atom stereocenters. The molecule has 0 aliphatic carbocycles. The number of nitrogens with one attached hydrogen (secondary N) is 1. The van der Waals surface area contributed by atoms with Gasteiger partial charge in [-0.25, -0.2) is 13.6 Å². The first-order chi connectivity index (χ1) is 13.0. The first kappa shape index (κ1) is 22.6. The van der Waals surface area contributed by atoms with Gasteiger partial charge in [0.15, 0.2) is 5.96 Å². The fourth-order valence-corrected chi connectivity index (χ4v) is 4.07. The van der Waals surface area contributed by atoms with E-state index in [-0.39, 0.29) is 28.9 Å². The van der Waals surface area contributed by atoms with E-state index in [4.69, 9.17) is 5.14 Å². The standard InChI is InChI=1S/C20H26N4O2S.HI/c1-22-20(23-14-17-8-5-9-19(13-17)27(21,25)26)24-11-10-18(15-24)12-16-6-3-2-4-7-16;/h2-9,13,18H,10-12,14-15H2,1H3,(H,22,23)(H2,21,25,26);1H. The smallest absolute Gasteiger partial charge is 0.238 e. The van der Waals surface area contributed by atoms with Crippen molar-refractivity contribution in [1.82, 2.24) is 10.2 Å². The normalized spacial score (nSPS) is 17.3. The van der Waals surface area contributed by atoms with Gasteiger partial charge in [0.05, 0.1) is 4.90 Å². The van der Waals surface area contributed by atoms with Gasteiger partial charge in [-0.15, -0.1) is 24.0 Å².